The molecule has 0 saturated heterocycles. The first-order valence-electron chi connectivity index (χ1n) is 6.76. The molecule has 0 aromatic carbocycles. The third kappa shape index (κ3) is 3.59. The van der Waals surface area contributed by atoms with E-state index in [1.165, 1.54) is 17.8 Å². The Kier molecular flexibility index (Phi) is 4.29. The van der Waals surface area contributed by atoms with Crippen LogP contribution in [0.4, 0.5) is 0 Å². The maximum atomic E-state index is 11.4. The van der Waals surface area contributed by atoms with Gasteiger partial charge in [-0.2, -0.15) is 0 Å². The van der Waals surface area contributed by atoms with E-state index in [4.69, 9.17) is 0 Å². The van der Waals surface area contributed by atoms with E-state index >= 15 is 0 Å². The van der Waals surface area contributed by atoms with Gasteiger partial charge in [-0.1, -0.05) is 17.8 Å². The molecule has 3 heterocycles. The monoisotopic (exact) mass is 310 g/mol. The summed E-state index contributed by atoms with van der Waals surface area (Å²) in [6.07, 6.45) is 7.20. The van der Waals surface area contributed by atoms with Crippen LogP contribution in [0.5, 0.6) is 0 Å². The zero-order valence-electron chi connectivity index (χ0n) is 12.0. The molecule has 22 heavy (non-hydrogen) atoms. The molecule has 0 amide bonds. The van der Waals surface area contributed by atoms with Crippen molar-refractivity contribution in [2.45, 2.75) is 17.8 Å². The summed E-state index contributed by atoms with van der Waals surface area (Å²) >= 11 is 1.48. The Morgan fingerprint density at radius 2 is 2.00 bits per heavy atom. The molecule has 6 heteroatoms. The summed E-state index contributed by atoms with van der Waals surface area (Å²) in [6.45, 7) is 1.81. The van der Waals surface area contributed by atoms with Crippen molar-refractivity contribution in [3.8, 4) is 11.1 Å². The minimum atomic E-state index is -0.128. The predicted octanol–water partition coefficient (Wildman–Crippen LogP) is 2.83. The number of H-pyrrole nitrogens is 1. The summed E-state index contributed by atoms with van der Waals surface area (Å²) in [6, 6.07) is 7.46. The topological polar surface area (TPSA) is 71.5 Å². The number of aromatic amines is 1. The van der Waals surface area contributed by atoms with Crippen LogP contribution in [0, 0.1) is 6.92 Å². The Morgan fingerprint density at radius 1 is 1.14 bits per heavy atom. The van der Waals surface area contributed by atoms with Crippen LogP contribution < -0.4 is 5.56 Å². The Bertz CT molecular complexity index is 833. The highest BCUT2D eigenvalue weighted by Gasteiger charge is 2.03. The van der Waals surface area contributed by atoms with E-state index in [1.807, 2.05) is 37.6 Å². The highest BCUT2D eigenvalue weighted by atomic mass is 32.2. The fourth-order valence-corrected chi connectivity index (χ4v) is 2.87. The van der Waals surface area contributed by atoms with Crippen molar-refractivity contribution in [2.75, 3.05) is 0 Å². The van der Waals surface area contributed by atoms with E-state index in [1.54, 1.807) is 6.20 Å². The molecule has 0 unspecified atom stereocenters. The van der Waals surface area contributed by atoms with Crippen molar-refractivity contribution in [2.24, 2.45) is 0 Å². The van der Waals surface area contributed by atoms with Gasteiger partial charge in [-0.3, -0.25) is 14.8 Å². The third-order valence-corrected chi connectivity index (χ3v) is 3.96. The van der Waals surface area contributed by atoms with Crippen molar-refractivity contribution in [3.05, 3.63) is 70.7 Å². The molecule has 3 rings (SSSR count). The van der Waals surface area contributed by atoms with Gasteiger partial charge in [0, 0.05) is 53.4 Å². The number of thioether (sulfide) groups is 1. The fourth-order valence-electron chi connectivity index (χ4n) is 2.03. The molecule has 0 saturated carbocycles. The van der Waals surface area contributed by atoms with Crippen molar-refractivity contribution in [1.82, 2.24) is 19.9 Å². The predicted molar refractivity (Wildman–Crippen MR) is 86.6 cm³/mol. The van der Waals surface area contributed by atoms with Crippen LogP contribution in [0.3, 0.4) is 0 Å². The van der Waals surface area contributed by atoms with E-state index in [0.717, 1.165) is 16.7 Å². The molecule has 0 spiro atoms. The zero-order chi connectivity index (χ0) is 15.4. The average molecular weight is 310 g/mol. The van der Waals surface area contributed by atoms with Gasteiger partial charge < -0.3 is 4.98 Å². The number of rotatable bonds is 4. The number of hydrogen-bond acceptors (Lipinski definition) is 5. The second-order valence-electron chi connectivity index (χ2n) is 4.80. The molecule has 0 fully saturated rings. The summed E-state index contributed by atoms with van der Waals surface area (Å²) in [7, 11) is 0. The molecule has 3 aromatic heterocycles. The molecular formula is C16H14N4OS. The maximum Gasteiger partial charge on any atom is 0.251 e. The van der Waals surface area contributed by atoms with Gasteiger partial charge in [-0.15, -0.1) is 0 Å². The van der Waals surface area contributed by atoms with Crippen molar-refractivity contribution < 1.29 is 0 Å². The van der Waals surface area contributed by atoms with Crippen molar-refractivity contribution in [1.29, 1.82) is 0 Å². The normalized spacial score (nSPS) is 10.6. The molecular weight excluding hydrogens is 296 g/mol. The van der Waals surface area contributed by atoms with E-state index in [9.17, 15) is 4.79 Å². The van der Waals surface area contributed by atoms with Crippen LogP contribution in [0.1, 0.15) is 11.3 Å². The molecule has 0 aliphatic carbocycles. The van der Waals surface area contributed by atoms with Gasteiger partial charge in [-0.25, -0.2) is 4.98 Å². The second-order valence-corrected chi connectivity index (χ2v) is 5.77. The molecule has 0 atom stereocenters. The summed E-state index contributed by atoms with van der Waals surface area (Å²) in [5.74, 6) is 0.688. The lowest BCUT2D eigenvalue weighted by Crippen LogP contribution is -2.08. The van der Waals surface area contributed by atoms with E-state index in [0.29, 0.717) is 16.6 Å². The van der Waals surface area contributed by atoms with Crippen LogP contribution in [-0.2, 0) is 5.75 Å². The number of nitrogens with zero attached hydrogens (tertiary/aromatic N) is 3. The van der Waals surface area contributed by atoms with Crippen LogP contribution in [0.15, 0.2) is 59.0 Å². The number of aryl methyl sites for hydroxylation is 1. The van der Waals surface area contributed by atoms with Crippen molar-refractivity contribution >= 4 is 11.8 Å². The van der Waals surface area contributed by atoms with Gasteiger partial charge in [0.15, 0.2) is 5.16 Å². The van der Waals surface area contributed by atoms with E-state index < -0.39 is 0 Å². The van der Waals surface area contributed by atoms with Crippen LogP contribution in [-0.4, -0.2) is 19.9 Å². The Labute approximate surface area is 131 Å². The SMILES string of the molecule is Cc1cc(=O)[nH]c(SCc2cncc(-c3cccnc3)c2)n1. The summed E-state index contributed by atoms with van der Waals surface area (Å²) < 4.78 is 0. The Morgan fingerprint density at radius 3 is 2.77 bits per heavy atom. The summed E-state index contributed by atoms with van der Waals surface area (Å²) in [5.41, 5.74) is 3.71. The molecule has 0 radical (unpaired) electrons. The lowest BCUT2D eigenvalue weighted by atomic mass is 10.1. The number of pyridine rings is 2. The minimum Gasteiger partial charge on any atom is -0.301 e. The Hall–Kier alpha value is -2.47. The van der Waals surface area contributed by atoms with Crippen molar-refractivity contribution in [3.63, 3.8) is 0 Å². The van der Waals surface area contributed by atoms with Gasteiger partial charge in [-0.05, 0) is 24.6 Å². The minimum absolute atomic E-state index is 0.128. The number of aromatic nitrogens is 4. The smallest absolute Gasteiger partial charge is 0.251 e. The fraction of sp³-hybridized carbons (Fsp3) is 0.125. The first kappa shape index (κ1) is 14.5. The summed E-state index contributed by atoms with van der Waals surface area (Å²) in [4.78, 5) is 26.9. The van der Waals surface area contributed by atoms with Gasteiger partial charge in [0.2, 0.25) is 0 Å². The number of hydrogen-bond donors (Lipinski definition) is 1. The number of nitrogens with one attached hydrogen (secondary N) is 1. The second kappa shape index (κ2) is 6.53. The lowest BCUT2D eigenvalue weighted by Gasteiger charge is -2.05. The maximum absolute atomic E-state index is 11.4. The van der Waals surface area contributed by atoms with Gasteiger partial charge in [0.25, 0.3) is 5.56 Å². The van der Waals surface area contributed by atoms with Gasteiger partial charge in [0.1, 0.15) is 0 Å². The Balaban J connectivity index is 1.77. The summed E-state index contributed by atoms with van der Waals surface area (Å²) in [5, 5.41) is 0.622. The zero-order valence-corrected chi connectivity index (χ0v) is 12.8. The average Bonchev–Trinajstić information content (AvgIpc) is 2.53. The molecule has 0 aliphatic rings. The third-order valence-electron chi connectivity index (χ3n) is 3.01. The van der Waals surface area contributed by atoms with Crippen LogP contribution in [0.25, 0.3) is 11.1 Å². The molecule has 5 nitrogen and oxygen atoms in total. The van der Waals surface area contributed by atoms with Gasteiger partial charge >= 0.3 is 0 Å². The molecule has 110 valence electrons. The lowest BCUT2D eigenvalue weighted by molar-refractivity contribution is 0.905. The van der Waals surface area contributed by atoms with E-state index in [2.05, 4.69) is 26.0 Å². The molecule has 1 N–H and O–H groups in total. The molecule has 3 aromatic rings. The largest absolute Gasteiger partial charge is 0.301 e. The molecule has 0 aliphatic heterocycles. The first-order valence-corrected chi connectivity index (χ1v) is 7.74. The van der Waals surface area contributed by atoms with E-state index in [-0.39, 0.29) is 5.56 Å². The quantitative estimate of drug-likeness (QED) is 0.592. The standard InChI is InChI=1S/C16H14N4OS/c1-11-5-15(21)20-16(19-11)22-10-12-6-14(9-18-7-12)13-3-2-4-17-8-13/h2-9H,10H2,1H3,(H,19,20,21). The highest BCUT2D eigenvalue weighted by molar-refractivity contribution is 7.98. The highest BCUT2D eigenvalue weighted by Crippen LogP contribution is 2.22. The van der Waals surface area contributed by atoms with Crippen LogP contribution >= 0.6 is 11.8 Å². The first-order chi connectivity index (χ1) is 10.7. The van der Waals surface area contributed by atoms with Gasteiger partial charge in [0.05, 0.1) is 0 Å². The van der Waals surface area contributed by atoms with Crippen LogP contribution in [0.2, 0.25) is 0 Å². The molecule has 0 bridgehead atoms.